The molecule has 0 amide bonds. The van der Waals surface area contributed by atoms with E-state index in [1.807, 2.05) is 18.2 Å². The Hall–Kier alpha value is -0.750. The lowest BCUT2D eigenvalue weighted by atomic mass is 10.0. The Bertz CT molecular complexity index is 287. The molecule has 1 radical (unpaired) electrons. The summed E-state index contributed by atoms with van der Waals surface area (Å²) in [6.45, 7) is 7.81. The van der Waals surface area contributed by atoms with Crippen LogP contribution in [-0.2, 0) is 0 Å². The lowest BCUT2D eigenvalue weighted by molar-refractivity contribution is 0.866. The van der Waals surface area contributed by atoms with Crippen molar-refractivity contribution in [1.29, 1.82) is 0 Å². The van der Waals surface area contributed by atoms with Crippen molar-refractivity contribution < 1.29 is 0 Å². The summed E-state index contributed by atoms with van der Waals surface area (Å²) in [7, 11) is 0. The molecular weight excluding hydrogens is 168 g/mol. The largest absolute Gasteiger partial charge is 0.0906 e. The van der Waals surface area contributed by atoms with Gasteiger partial charge in [0.1, 0.15) is 0 Å². The number of hydrogen-bond donors (Lipinski definition) is 0. The number of benzene rings is 1. The van der Waals surface area contributed by atoms with E-state index in [1.54, 1.807) is 0 Å². The van der Waals surface area contributed by atoms with E-state index in [-0.39, 0.29) is 0 Å². The van der Waals surface area contributed by atoms with Gasteiger partial charge in [0.15, 0.2) is 0 Å². The maximum absolute atomic E-state index is 6.04. The first-order chi connectivity index (χ1) is 5.65. The summed E-state index contributed by atoms with van der Waals surface area (Å²) in [6.07, 6.45) is 2.80. The molecule has 0 aliphatic carbocycles. The van der Waals surface area contributed by atoms with E-state index >= 15 is 0 Å². The molecule has 12 heavy (non-hydrogen) atoms. The molecule has 0 saturated carbocycles. The fourth-order valence-corrected chi connectivity index (χ4v) is 1.50. The molecule has 0 nitrogen and oxygen atoms in total. The third-order valence-corrected chi connectivity index (χ3v) is 2.15. The molecule has 0 spiro atoms. The van der Waals surface area contributed by atoms with Crippen LogP contribution in [-0.4, -0.2) is 0 Å². The lowest BCUT2D eigenvalue weighted by Crippen LogP contribution is -1.88. The van der Waals surface area contributed by atoms with Gasteiger partial charge in [-0.2, -0.15) is 0 Å². The van der Waals surface area contributed by atoms with Crippen LogP contribution in [0.5, 0.6) is 0 Å². The Morgan fingerprint density at radius 1 is 1.42 bits per heavy atom. The summed E-state index contributed by atoms with van der Waals surface area (Å²) in [5, 5.41) is 0.804. The van der Waals surface area contributed by atoms with E-state index in [4.69, 9.17) is 11.6 Å². The zero-order valence-corrected chi connectivity index (χ0v) is 8.15. The van der Waals surface area contributed by atoms with E-state index < -0.39 is 0 Å². The number of hydrogen-bond acceptors (Lipinski definition) is 0. The van der Waals surface area contributed by atoms with Crippen molar-refractivity contribution >= 4 is 11.6 Å². The highest BCUT2D eigenvalue weighted by Crippen LogP contribution is 2.24. The molecule has 0 N–H and O–H groups in total. The van der Waals surface area contributed by atoms with Gasteiger partial charge in [-0.1, -0.05) is 44.2 Å². The summed E-state index contributed by atoms with van der Waals surface area (Å²) >= 11 is 6.04. The van der Waals surface area contributed by atoms with Crippen molar-refractivity contribution in [2.24, 2.45) is 0 Å². The van der Waals surface area contributed by atoms with E-state index in [9.17, 15) is 0 Å². The van der Waals surface area contributed by atoms with E-state index in [1.165, 1.54) is 5.56 Å². The van der Waals surface area contributed by atoms with Gasteiger partial charge in [-0.05, 0) is 29.2 Å². The van der Waals surface area contributed by atoms with Crippen LogP contribution < -0.4 is 0 Å². The first-order valence-corrected chi connectivity index (χ1v) is 4.35. The molecule has 1 aromatic carbocycles. The minimum absolute atomic E-state index is 0.469. The molecule has 0 aromatic heterocycles. The Morgan fingerprint density at radius 3 is 2.50 bits per heavy atom. The lowest BCUT2D eigenvalue weighted by Gasteiger charge is -2.07. The van der Waals surface area contributed by atoms with Crippen LogP contribution in [0.1, 0.15) is 30.9 Å². The zero-order valence-electron chi connectivity index (χ0n) is 7.39. The Labute approximate surface area is 78.9 Å². The van der Waals surface area contributed by atoms with Crippen molar-refractivity contribution in [3.63, 3.8) is 0 Å². The first kappa shape index (κ1) is 9.34. The van der Waals surface area contributed by atoms with Gasteiger partial charge in [-0.15, -0.1) is 0 Å². The maximum Gasteiger partial charge on any atom is 0.0446 e. The van der Waals surface area contributed by atoms with E-state index in [0.29, 0.717) is 5.92 Å². The fourth-order valence-electron chi connectivity index (χ4n) is 1.11. The SMILES string of the molecule is C=[C]c1ccc(C(C)C)c(Cl)c1. The molecule has 0 saturated heterocycles. The highest BCUT2D eigenvalue weighted by atomic mass is 35.5. The van der Waals surface area contributed by atoms with Gasteiger partial charge in [0.2, 0.25) is 0 Å². The second-order valence-electron chi connectivity index (χ2n) is 3.07. The van der Waals surface area contributed by atoms with Gasteiger partial charge in [0.25, 0.3) is 0 Å². The predicted molar refractivity (Wildman–Crippen MR) is 53.5 cm³/mol. The first-order valence-electron chi connectivity index (χ1n) is 3.97. The van der Waals surface area contributed by atoms with Crippen molar-refractivity contribution in [3.05, 3.63) is 47.0 Å². The third-order valence-electron chi connectivity index (χ3n) is 1.83. The van der Waals surface area contributed by atoms with Gasteiger partial charge in [0.05, 0.1) is 0 Å². The topological polar surface area (TPSA) is 0 Å². The van der Waals surface area contributed by atoms with Crippen molar-refractivity contribution in [3.8, 4) is 0 Å². The summed E-state index contributed by atoms with van der Waals surface area (Å²) in [5.74, 6) is 0.469. The minimum Gasteiger partial charge on any atom is -0.0906 e. The van der Waals surface area contributed by atoms with Crippen LogP contribution in [0.2, 0.25) is 5.02 Å². The summed E-state index contributed by atoms with van der Waals surface area (Å²) in [5.41, 5.74) is 2.13. The molecule has 0 bridgehead atoms. The molecule has 0 heterocycles. The second kappa shape index (κ2) is 3.77. The molecule has 0 aliphatic rings. The average molecular weight is 180 g/mol. The molecule has 63 valence electrons. The molecule has 0 fully saturated rings. The second-order valence-corrected chi connectivity index (χ2v) is 3.47. The molecular formula is C11H12Cl. The number of halogens is 1. The van der Waals surface area contributed by atoms with Crippen LogP contribution in [0.15, 0.2) is 24.8 Å². The van der Waals surface area contributed by atoms with Crippen LogP contribution in [0.4, 0.5) is 0 Å². The summed E-state index contributed by atoms with van der Waals surface area (Å²) in [6, 6.07) is 5.90. The zero-order chi connectivity index (χ0) is 9.14. The van der Waals surface area contributed by atoms with Gasteiger partial charge in [-0.3, -0.25) is 0 Å². The van der Waals surface area contributed by atoms with Gasteiger partial charge in [0, 0.05) is 5.02 Å². The van der Waals surface area contributed by atoms with E-state index in [2.05, 4.69) is 26.5 Å². The molecule has 1 rings (SSSR count). The molecule has 0 unspecified atom stereocenters. The van der Waals surface area contributed by atoms with Gasteiger partial charge >= 0.3 is 0 Å². The average Bonchev–Trinajstić information content (AvgIpc) is 2.03. The third kappa shape index (κ3) is 1.89. The van der Waals surface area contributed by atoms with Crippen LogP contribution in [0.25, 0.3) is 0 Å². The number of rotatable bonds is 2. The minimum atomic E-state index is 0.469. The van der Waals surface area contributed by atoms with Crippen molar-refractivity contribution in [2.45, 2.75) is 19.8 Å². The van der Waals surface area contributed by atoms with Gasteiger partial charge < -0.3 is 0 Å². The van der Waals surface area contributed by atoms with Crippen LogP contribution in [0.3, 0.4) is 0 Å². The summed E-state index contributed by atoms with van der Waals surface area (Å²) < 4.78 is 0. The molecule has 0 aliphatic heterocycles. The Kier molecular flexibility index (Phi) is 2.93. The molecule has 0 atom stereocenters. The Balaban J connectivity index is 3.11. The molecule has 1 heteroatoms. The smallest absolute Gasteiger partial charge is 0.0446 e. The highest BCUT2D eigenvalue weighted by molar-refractivity contribution is 6.31. The summed E-state index contributed by atoms with van der Waals surface area (Å²) in [4.78, 5) is 0. The monoisotopic (exact) mass is 179 g/mol. The van der Waals surface area contributed by atoms with E-state index in [0.717, 1.165) is 10.6 Å². The van der Waals surface area contributed by atoms with Crippen molar-refractivity contribution in [2.75, 3.05) is 0 Å². The Morgan fingerprint density at radius 2 is 2.08 bits per heavy atom. The van der Waals surface area contributed by atoms with Crippen LogP contribution in [0, 0.1) is 6.08 Å². The quantitative estimate of drug-likeness (QED) is 0.648. The standard InChI is InChI=1S/C11H12Cl/c1-4-9-5-6-10(8(2)3)11(12)7-9/h5-8H,1H2,2-3H3. The van der Waals surface area contributed by atoms with Gasteiger partial charge in [-0.25, -0.2) is 0 Å². The normalized spacial score (nSPS) is 10.3. The predicted octanol–water partition coefficient (Wildman–Crippen LogP) is 3.80. The highest BCUT2D eigenvalue weighted by Gasteiger charge is 2.03. The van der Waals surface area contributed by atoms with Crippen LogP contribution >= 0.6 is 11.6 Å². The van der Waals surface area contributed by atoms with Crippen molar-refractivity contribution in [1.82, 2.24) is 0 Å². The molecule has 1 aromatic rings. The maximum atomic E-state index is 6.04. The fraction of sp³-hybridized carbons (Fsp3) is 0.273.